The van der Waals surface area contributed by atoms with E-state index in [0.29, 0.717) is 12.0 Å². The lowest BCUT2D eigenvalue weighted by Gasteiger charge is -2.21. The summed E-state index contributed by atoms with van der Waals surface area (Å²) >= 11 is 0. The number of aromatic nitrogens is 3. The van der Waals surface area contributed by atoms with E-state index in [1.165, 1.54) is 0 Å². The van der Waals surface area contributed by atoms with Gasteiger partial charge in [-0.15, -0.1) is 10.2 Å². The van der Waals surface area contributed by atoms with Crippen molar-refractivity contribution in [2.75, 3.05) is 20.3 Å². The third kappa shape index (κ3) is 3.90. The first-order chi connectivity index (χ1) is 7.65. The molecule has 5 heteroatoms. The summed E-state index contributed by atoms with van der Waals surface area (Å²) < 4.78 is 7.13. The van der Waals surface area contributed by atoms with Crippen molar-refractivity contribution in [3.8, 4) is 0 Å². The molecule has 1 unspecified atom stereocenters. The van der Waals surface area contributed by atoms with Crippen LogP contribution in [0.1, 0.15) is 19.7 Å². The average Bonchev–Trinajstić information content (AvgIpc) is 2.63. The van der Waals surface area contributed by atoms with E-state index in [-0.39, 0.29) is 0 Å². The van der Waals surface area contributed by atoms with Gasteiger partial charge < -0.3 is 14.6 Å². The van der Waals surface area contributed by atoms with Gasteiger partial charge in [-0.05, 0) is 5.92 Å². The van der Waals surface area contributed by atoms with Crippen molar-refractivity contribution in [2.45, 2.75) is 26.3 Å². The lowest BCUT2D eigenvalue weighted by Crippen LogP contribution is -2.39. The Bertz CT molecular complexity index is 298. The summed E-state index contributed by atoms with van der Waals surface area (Å²) in [6, 6.07) is 0.401. The molecule has 1 rings (SSSR count). The van der Waals surface area contributed by atoms with Crippen LogP contribution in [0.3, 0.4) is 0 Å². The molecule has 0 amide bonds. The fraction of sp³-hybridized carbons (Fsp3) is 0.818. The lowest BCUT2D eigenvalue weighted by atomic mass is 10.1. The van der Waals surface area contributed by atoms with Crippen molar-refractivity contribution in [1.29, 1.82) is 0 Å². The molecular formula is C11H22N4O. The SMILES string of the molecule is COCC(NCCc1nncn1C)C(C)C. The van der Waals surface area contributed by atoms with Crippen molar-refractivity contribution in [2.24, 2.45) is 13.0 Å². The molecule has 0 fully saturated rings. The molecule has 16 heavy (non-hydrogen) atoms. The van der Waals surface area contributed by atoms with Crippen LogP contribution >= 0.6 is 0 Å². The number of aryl methyl sites for hydroxylation is 1. The number of hydrogen-bond donors (Lipinski definition) is 1. The van der Waals surface area contributed by atoms with Gasteiger partial charge in [-0.25, -0.2) is 0 Å². The normalized spacial score (nSPS) is 13.3. The summed E-state index contributed by atoms with van der Waals surface area (Å²) in [6.07, 6.45) is 2.62. The Hall–Kier alpha value is -0.940. The second-order valence-corrected chi connectivity index (χ2v) is 4.37. The van der Waals surface area contributed by atoms with Crippen LogP contribution in [-0.2, 0) is 18.2 Å². The smallest absolute Gasteiger partial charge is 0.133 e. The maximum absolute atomic E-state index is 5.18. The van der Waals surface area contributed by atoms with E-state index in [2.05, 4.69) is 29.4 Å². The van der Waals surface area contributed by atoms with E-state index in [4.69, 9.17) is 4.74 Å². The summed E-state index contributed by atoms with van der Waals surface area (Å²) in [4.78, 5) is 0. The molecule has 1 N–H and O–H groups in total. The zero-order valence-electron chi connectivity index (χ0n) is 10.6. The van der Waals surface area contributed by atoms with E-state index in [1.54, 1.807) is 13.4 Å². The molecule has 1 atom stereocenters. The average molecular weight is 226 g/mol. The quantitative estimate of drug-likeness (QED) is 0.740. The molecule has 1 heterocycles. The molecule has 0 aromatic carbocycles. The van der Waals surface area contributed by atoms with Crippen molar-refractivity contribution in [3.05, 3.63) is 12.2 Å². The van der Waals surface area contributed by atoms with E-state index in [0.717, 1.165) is 25.4 Å². The first kappa shape index (κ1) is 13.1. The van der Waals surface area contributed by atoms with Crippen molar-refractivity contribution in [1.82, 2.24) is 20.1 Å². The fourth-order valence-corrected chi connectivity index (χ4v) is 1.57. The predicted molar refractivity (Wildman–Crippen MR) is 63.2 cm³/mol. The first-order valence-corrected chi connectivity index (χ1v) is 5.70. The lowest BCUT2D eigenvalue weighted by molar-refractivity contribution is 0.147. The Labute approximate surface area is 97.2 Å². The molecule has 92 valence electrons. The minimum atomic E-state index is 0.401. The van der Waals surface area contributed by atoms with Gasteiger partial charge >= 0.3 is 0 Å². The van der Waals surface area contributed by atoms with Crippen LogP contribution in [0.4, 0.5) is 0 Å². The maximum Gasteiger partial charge on any atom is 0.133 e. The van der Waals surface area contributed by atoms with Crippen LogP contribution in [0.25, 0.3) is 0 Å². The topological polar surface area (TPSA) is 52.0 Å². The zero-order chi connectivity index (χ0) is 12.0. The van der Waals surface area contributed by atoms with Crippen LogP contribution in [0.15, 0.2) is 6.33 Å². The molecule has 1 aromatic rings. The third-order valence-electron chi connectivity index (χ3n) is 2.71. The molecule has 0 saturated heterocycles. The van der Waals surface area contributed by atoms with Crippen LogP contribution in [0.2, 0.25) is 0 Å². The second-order valence-electron chi connectivity index (χ2n) is 4.37. The summed E-state index contributed by atoms with van der Waals surface area (Å²) in [5.74, 6) is 1.58. The Morgan fingerprint density at radius 2 is 2.25 bits per heavy atom. The maximum atomic E-state index is 5.18. The van der Waals surface area contributed by atoms with E-state index in [9.17, 15) is 0 Å². The monoisotopic (exact) mass is 226 g/mol. The highest BCUT2D eigenvalue weighted by molar-refractivity contribution is 4.85. The Balaban J connectivity index is 2.30. The Morgan fingerprint density at radius 3 is 2.75 bits per heavy atom. The minimum Gasteiger partial charge on any atom is -0.383 e. The Kier molecular flexibility index (Phi) is 5.42. The number of rotatable bonds is 7. The first-order valence-electron chi connectivity index (χ1n) is 5.70. The number of nitrogens with one attached hydrogen (secondary N) is 1. The molecule has 0 aliphatic heterocycles. The second kappa shape index (κ2) is 6.60. The van der Waals surface area contributed by atoms with Crippen molar-refractivity contribution < 1.29 is 4.74 Å². The molecule has 0 radical (unpaired) electrons. The van der Waals surface area contributed by atoms with E-state index in [1.807, 2.05) is 11.6 Å². The van der Waals surface area contributed by atoms with Gasteiger partial charge in [0.1, 0.15) is 12.2 Å². The number of ether oxygens (including phenoxy) is 1. The van der Waals surface area contributed by atoms with Crippen molar-refractivity contribution >= 4 is 0 Å². The molecule has 5 nitrogen and oxygen atoms in total. The molecule has 1 aromatic heterocycles. The Morgan fingerprint density at radius 1 is 1.50 bits per heavy atom. The highest BCUT2D eigenvalue weighted by atomic mass is 16.5. The van der Waals surface area contributed by atoms with Crippen LogP contribution in [0, 0.1) is 5.92 Å². The van der Waals surface area contributed by atoms with Crippen LogP contribution in [-0.4, -0.2) is 41.1 Å². The molecule has 0 aliphatic carbocycles. The molecule has 0 spiro atoms. The van der Waals surface area contributed by atoms with Crippen molar-refractivity contribution in [3.63, 3.8) is 0 Å². The number of nitrogens with zero attached hydrogens (tertiary/aromatic N) is 3. The van der Waals surface area contributed by atoms with Gasteiger partial charge in [-0.2, -0.15) is 0 Å². The van der Waals surface area contributed by atoms with Crippen LogP contribution in [0.5, 0.6) is 0 Å². The zero-order valence-corrected chi connectivity index (χ0v) is 10.6. The largest absolute Gasteiger partial charge is 0.383 e. The van der Waals surface area contributed by atoms with E-state index >= 15 is 0 Å². The summed E-state index contributed by atoms with van der Waals surface area (Å²) in [5.41, 5.74) is 0. The number of hydrogen-bond acceptors (Lipinski definition) is 4. The third-order valence-corrected chi connectivity index (χ3v) is 2.71. The number of methoxy groups -OCH3 is 1. The van der Waals surface area contributed by atoms with Gasteiger partial charge in [-0.3, -0.25) is 0 Å². The fourth-order valence-electron chi connectivity index (χ4n) is 1.57. The standard InChI is InChI=1S/C11H22N4O/c1-9(2)10(7-16-4)12-6-5-11-14-13-8-15(11)3/h8-10,12H,5-7H2,1-4H3. The van der Waals surface area contributed by atoms with Gasteiger partial charge in [0.15, 0.2) is 0 Å². The molecule has 0 saturated carbocycles. The van der Waals surface area contributed by atoms with Gasteiger partial charge in [0.05, 0.1) is 6.61 Å². The van der Waals surface area contributed by atoms with Gasteiger partial charge in [0.25, 0.3) is 0 Å². The predicted octanol–water partition coefficient (Wildman–Crippen LogP) is 0.618. The van der Waals surface area contributed by atoms with Crippen LogP contribution < -0.4 is 5.32 Å². The summed E-state index contributed by atoms with van der Waals surface area (Å²) in [6.45, 7) is 6.03. The highest BCUT2D eigenvalue weighted by Crippen LogP contribution is 2.02. The van der Waals surface area contributed by atoms with Gasteiger partial charge in [0.2, 0.25) is 0 Å². The van der Waals surface area contributed by atoms with Gasteiger partial charge in [-0.1, -0.05) is 13.8 Å². The minimum absolute atomic E-state index is 0.401. The van der Waals surface area contributed by atoms with E-state index < -0.39 is 0 Å². The van der Waals surface area contributed by atoms with Gasteiger partial charge in [0, 0.05) is 33.2 Å². The molecule has 0 bridgehead atoms. The molecular weight excluding hydrogens is 204 g/mol. The summed E-state index contributed by atoms with van der Waals surface area (Å²) in [5, 5.41) is 11.4. The summed E-state index contributed by atoms with van der Waals surface area (Å²) in [7, 11) is 3.70. The molecule has 0 aliphatic rings. The highest BCUT2D eigenvalue weighted by Gasteiger charge is 2.12.